The van der Waals surface area contributed by atoms with Crippen molar-refractivity contribution >= 4 is 122 Å². The Morgan fingerprint density at radius 2 is 0.660 bits per heavy atom. The van der Waals surface area contributed by atoms with Crippen LogP contribution in [0, 0.1) is 0 Å². The van der Waals surface area contributed by atoms with Crippen molar-refractivity contribution < 1.29 is 58.5 Å². The fourth-order valence-electron chi connectivity index (χ4n) is 9.02. The summed E-state index contributed by atoms with van der Waals surface area (Å²) >= 11 is 0. The molecule has 6 heterocycles. The van der Waals surface area contributed by atoms with E-state index in [2.05, 4.69) is 91.7 Å². The van der Waals surface area contributed by atoms with Crippen LogP contribution in [0.2, 0.25) is 0 Å². The predicted molar refractivity (Wildman–Crippen MR) is 330 cm³/mol. The highest BCUT2D eigenvalue weighted by molar-refractivity contribution is 6.11. The highest BCUT2D eigenvalue weighted by Gasteiger charge is 2.33. The van der Waals surface area contributed by atoms with Crippen LogP contribution in [-0.4, -0.2) is 152 Å². The monoisotopic (exact) mass is 1290 g/mol. The molecule has 0 fully saturated rings. The number of aromatic amines is 3. The number of nitrogens with zero attached hydrogens (tertiary/aromatic N) is 10. The van der Waals surface area contributed by atoms with Crippen molar-refractivity contribution in [3.8, 4) is 0 Å². The molecule has 6 aromatic heterocycles. The molecule has 94 heavy (non-hydrogen) atoms. The zero-order valence-corrected chi connectivity index (χ0v) is 48.7. The van der Waals surface area contributed by atoms with E-state index in [1.807, 2.05) is 0 Å². The summed E-state index contributed by atoms with van der Waals surface area (Å²) in [4.78, 5) is 201. The van der Waals surface area contributed by atoms with E-state index >= 15 is 0 Å². The second kappa shape index (κ2) is 28.9. The molecule has 0 spiro atoms. The third-order valence-corrected chi connectivity index (χ3v) is 13.8. The summed E-state index contributed by atoms with van der Waals surface area (Å²) in [7, 11) is 0. The molecule has 0 saturated heterocycles. The van der Waals surface area contributed by atoms with E-state index in [9.17, 15) is 72.9 Å². The van der Waals surface area contributed by atoms with Crippen LogP contribution < -0.4 is 65.8 Å². The average Bonchev–Trinajstić information content (AvgIpc) is 0.861. The summed E-state index contributed by atoms with van der Waals surface area (Å²) in [6.45, 7) is 0.199. The number of imide groups is 3. The van der Waals surface area contributed by atoms with Crippen LogP contribution in [0.25, 0.3) is 33.5 Å². The number of carboxylic acids is 3. The Bertz CT molecular complexity index is 4180. The molecule has 3 atom stereocenters. The highest BCUT2D eigenvalue weighted by atomic mass is 16.4. The molecule has 0 unspecified atom stereocenters. The van der Waals surface area contributed by atoms with Crippen molar-refractivity contribution in [2.24, 2.45) is 0 Å². The van der Waals surface area contributed by atoms with Crippen molar-refractivity contribution in [1.82, 2.24) is 80.7 Å². The summed E-state index contributed by atoms with van der Waals surface area (Å²) in [6.07, 6.45) is -0.802. The van der Waals surface area contributed by atoms with Gasteiger partial charge in [0.05, 0.1) is 55.3 Å². The van der Waals surface area contributed by atoms with Crippen molar-refractivity contribution in [3.63, 3.8) is 0 Å². The molecule has 482 valence electrons. The first-order valence-electron chi connectivity index (χ1n) is 28.0. The van der Waals surface area contributed by atoms with Gasteiger partial charge in [0, 0.05) is 53.0 Å². The second-order valence-electron chi connectivity index (χ2n) is 20.5. The normalized spacial score (nSPS) is 12.0. The van der Waals surface area contributed by atoms with Crippen LogP contribution in [0.3, 0.4) is 0 Å². The molecule has 0 bridgehead atoms. The minimum absolute atomic E-state index is 0.0333. The molecule has 0 saturated carbocycles. The van der Waals surface area contributed by atoms with Crippen molar-refractivity contribution in [1.29, 1.82) is 0 Å². The number of nitrogens with two attached hydrogens (primary N) is 3. The number of fused-ring (bicyclic) bond motifs is 3. The van der Waals surface area contributed by atoms with Crippen LogP contribution in [0.1, 0.15) is 86.7 Å². The first kappa shape index (κ1) is 65.2. The number of H-pyrrole nitrogens is 3. The van der Waals surface area contributed by atoms with Gasteiger partial charge < -0.3 is 64.4 Å². The minimum Gasteiger partial charge on any atom is -0.480 e. The molecule has 3 aromatic carbocycles. The molecule has 37 heteroatoms. The molecule has 9 rings (SSSR count). The first-order chi connectivity index (χ1) is 44.9. The maximum Gasteiger partial charge on any atom is 0.326 e. The second-order valence-corrected chi connectivity index (χ2v) is 20.5. The van der Waals surface area contributed by atoms with Crippen molar-refractivity contribution in [2.45, 2.75) is 76.3 Å². The quantitative estimate of drug-likeness (QED) is 0.0309. The number of carbonyl (C=O) groups is 9. The zero-order chi connectivity index (χ0) is 67.3. The lowest BCUT2D eigenvalue weighted by Gasteiger charge is -2.22. The summed E-state index contributed by atoms with van der Waals surface area (Å²) < 4.78 is 0. The van der Waals surface area contributed by atoms with Gasteiger partial charge >= 0.3 is 17.9 Å². The van der Waals surface area contributed by atoms with E-state index in [1.54, 1.807) is 0 Å². The number of aromatic nitrogens is 12. The van der Waals surface area contributed by atoms with E-state index in [0.717, 1.165) is 0 Å². The topological polar surface area (TPSA) is 582 Å². The van der Waals surface area contributed by atoms with Gasteiger partial charge in [-0.15, -0.1) is 0 Å². The lowest BCUT2D eigenvalue weighted by atomic mass is 10.1. The van der Waals surface area contributed by atoms with Crippen molar-refractivity contribution in [2.75, 3.05) is 33.2 Å². The molecule has 0 aliphatic rings. The summed E-state index contributed by atoms with van der Waals surface area (Å²) in [5.41, 5.74) is 17.1. The van der Waals surface area contributed by atoms with Crippen molar-refractivity contribution in [3.05, 3.63) is 156 Å². The van der Waals surface area contributed by atoms with Gasteiger partial charge in [-0.1, -0.05) is 0 Å². The van der Waals surface area contributed by atoms with E-state index < -0.39 is 127 Å². The van der Waals surface area contributed by atoms with Gasteiger partial charge in [0.1, 0.15) is 18.1 Å². The Hall–Kier alpha value is -13.3. The summed E-state index contributed by atoms with van der Waals surface area (Å²) in [5, 5.41) is 46.4. The molecule has 0 radical (unpaired) electrons. The average molecular weight is 1290 g/mol. The van der Waals surface area contributed by atoms with E-state index in [1.165, 1.54) is 91.4 Å². The third kappa shape index (κ3) is 16.5. The number of carbonyl (C=O) groups excluding carboxylic acids is 6. The van der Waals surface area contributed by atoms with Gasteiger partial charge in [-0.2, -0.15) is 15.0 Å². The molecular weight excluding hydrogens is 1230 g/mol. The lowest BCUT2D eigenvalue weighted by Crippen LogP contribution is -2.47. The zero-order valence-electron chi connectivity index (χ0n) is 48.7. The van der Waals surface area contributed by atoms with Gasteiger partial charge in [-0.3, -0.25) is 58.1 Å². The number of nitrogens with one attached hydrogen (secondary N) is 9. The molecular formula is C57H54N22O15. The maximum atomic E-state index is 14.1. The maximum absolute atomic E-state index is 14.1. The van der Waals surface area contributed by atoms with E-state index in [0.29, 0.717) is 34.1 Å². The van der Waals surface area contributed by atoms with Gasteiger partial charge in [-0.25, -0.2) is 49.2 Å². The smallest absolute Gasteiger partial charge is 0.326 e. The summed E-state index contributed by atoms with van der Waals surface area (Å²) in [6, 6.07) is 11.4. The fraction of sp³-hybridized carbons (Fsp3) is 0.211. The molecule has 18 N–H and O–H groups in total. The van der Waals surface area contributed by atoms with E-state index in [4.69, 9.17) is 17.2 Å². The summed E-state index contributed by atoms with van der Waals surface area (Å²) in [5.74, 6) is -12.1. The number of carboxylic acid groups (broad SMARTS) is 3. The molecule has 0 aliphatic heterocycles. The number of nitrogen functional groups attached to an aromatic ring is 3. The van der Waals surface area contributed by atoms with Crippen LogP contribution >= 0.6 is 0 Å². The number of hydrogen-bond donors (Lipinski definition) is 15. The number of anilines is 6. The largest absolute Gasteiger partial charge is 0.480 e. The van der Waals surface area contributed by atoms with Gasteiger partial charge in [0.15, 0.2) is 33.5 Å². The van der Waals surface area contributed by atoms with Crippen LogP contribution in [-0.2, 0) is 48.4 Å². The molecule has 0 aliphatic carbocycles. The standard InChI is InChI=1S/C57H54N22O15/c58-55-73-43-40(49(86)76-55)67-31(22-64-43)19-61-28-7-1-25(2-8-28)46(83)70-34(52(89)90)13-16-37(80)79(38(81)17-14-35(53(91)92)71-47(84)26-3-9-29(10-4-26)62-20-32-23-65-44-41(68-32)50(87)77-56(59)74-44)39(82)18-15-36(54(93)94)72-48(85)27-5-11-30(12-6-27)63-21-33-24-66-45-42(69-33)51(88)78-57(60)75-45/h1-12,22-24,34-36,61-63H,13-21H2,(H,70,83)(H,71,84)(H,72,85)(H,89,90)(H,91,92)(H,93,94)(H3,58,64,73,76,86)(H3,59,65,74,77,87)(H3,60,66,75,78,88)/t34-,35-,36-/m0/s1. The molecule has 37 nitrogen and oxygen atoms in total. The Morgan fingerprint density at radius 1 is 0.404 bits per heavy atom. The lowest BCUT2D eigenvalue weighted by molar-refractivity contribution is -0.154. The third-order valence-electron chi connectivity index (χ3n) is 13.8. The minimum atomic E-state index is -1.82. The van der Waals surface area contributed by atoms with Crippen LogP contribution in [0.5, 0.6) is 0 Å². The number of rotatable bonds is 27. The Kier molecular flexibility index (Phi) is 20.1. The number of benzene rings is 3. The fourth-order valence-corrected chi connectivity index (χ4v) is 9.02. The van der Waals surface area contributed by atoms with Crippen LogP contribution in [0.15, 0.2) is 106 Å². The van der Waals surface area contributed by atoms with Gasteiger partial charge in [0.2, 0.25) is 35.6 Å². The van der Waals surface area contributed by atoms with E-state index in [-0.39, 0.29) is 92.6 Å². The highest BCUT2D eigenvalue weighted by Crippen LogP contribution is 2.18. The number of amides is 6. The van der Waals surface area contributed by atoms with Gasteiger partial charge in [-0.05, 0) is 92.1 Å². The predicted octanol–water partition coefficient (Wildman–Crippen LogP) is -0.479. The molecule has 6 amide bonds. The van der Waals surface area contributed by atoms with Crippen LogP contribution in [0.4, 0.5) is 34.9 Å². The SMILES string of the molecule is Nc1nc2ncc(CNc3ccc(C(=O)N[C@@H](CCC(=O)N(C(=O)CC[C@H](NC(=O)c4ccc(NCc5cnc6nc(N)[nH]c(=O)c6n5)cc4)C(=O)O)C(=O)CC[C@H](NC(=O)c4ccc(NCc5cnc6nc(N)[nH]c(=O)c6n5)cc4)C(=O)O)C(=O)O)cc3)nc2c(=O)[nH]1. The Morgan fingerprint density at radius 3 is 0.904 bits per heavy atom. The first-order valence-corrected chi connectivity index (χ1v) is 28.0. The Labute approximate surface area is 524 Å². The van der Waals surface area contributed by atoms with Gasteiger partial charge in [0.25, 0.3) is 34.4 Å². The number of aliphatic carboxylic acids is 3. The molecule has 9 aromatic rings. The number of hydrogen-bond acceptors (Lipinski definition) is 27. The Balaban J connectivity index is 0.833.